The number of rotatable bonds is 5. The van der Waals surface area contributed by atoms with Gasteiger partial charge in [0.05, 0.1) is 0 Å². The van der Waals surface area contributed by atoms with Crippen molar-refractivity contribution in [2.45, 2.75) is 19.4 Å². The van der Waals surface area contributed by atoms with E-state index in [1.54, 1.807) is 11.3 Å². The van der Waals surface area contributed by atoms with Gasteiger partial charge in [-0.25, -0.2) is 0 Å². The minimum absolute atomic E-state index is 0.709. The van der Waals surface area contributed by atoms with Gasteiger partial charge < -0.3 is 10.3 Å². The van der Waals surface area contributed by atoms with Crippen LogP contribution in [0.4, 0.5) is 0 Å². The van der Waals surface area contributed by atoms with Crippen molar-refractivity contribution >= 4 is 22.2 Å². The molecular formula is C16H18N2S. The van der Waals surface area contributed by atoms with Crippen LogP contribution in [0.3, 0.4) is 0 Å². The maximum atomic E-state index is 5.64. The van der Waals surface area contributed by atoms with Crippen LogP contribution >= 0.6 is 11.3 Å². The van der Waals surface area contributed by atoms with Crippen LogP contribution in [-0.4, -0.2) is 11.1 Å². The Labute approximate surface area is 117 Å². The number of nitrogens with zero attached hydrogens (tertiary/aromatic N) is 1. The molecule has 0 aliphatic rings. The van der Waals surface area contributed by atoms with Crippen LogP contribution in [0.5, 0.6) is 0 Å². The first-order valence-electron chi connectivity index (χ1n) is 6.66. The summed E-state index contributed by atoms with van der Waals surface area (Å²) in [4.78, 5) is 0. The fourth-order valence-electron chi connectivity index (χ4n) is 2.43. The van der Waals surface area contributed by atoms with Gasteiger partial charge in [-0.05, 0) is 64.9 Å². The average Bonchev–Trinajstić information content (AvgIpc) is 3.05. The molecule has 0 radical (unpaired) electrons. The first-order chi connectivity index (χ1) is 9.36. The number of aryl methyl sites for hydroxylation is 2. The summed E-state index contributed by atoms with van der Waals surface area (Å²) in [5.41, 5.74) is 9.70. The van der Waals surface area contributed by atoms with Gasteiger partial charge in [0.1, 0.15) is 0 Å². The van der Waals surface area contributed by atoms with Crippen molar-refractivity contribution in [3.05, 3.63) is 58.4 Å². The Morgan fingerprint density at radius 1 is 1.05 bits per heavy atom. The highest BCUT2D eigenvalue weighted by Crippen LogP contribution is 2.19. The summed E-state index contributed by atoms with van der Waals surface area (Å²) >= 11 is 1.77. The Morgan fingerprint density at radius 3 is 2.79 bits per heavy atom. The molecule has 0 aliphatic carbocycles. The molecule has 0 fully saturated rings. The van der Waals surface area contributed by atoms with Gasteiger partial charge >= 0.3 is 0 Å². The van der Waals surface area contributed by atoms with Gasteiger partial charge in [-0.2, -0.15) is 11.3 Å². The second-order valence-corrected chi connectivity index (χ2v) is 5.60. The predicted octanol–water partition coefficient (Wildman–Crippen LogP) is 3.45. The number of hydrogen-bond acceptors (Lipinski definition) is 2. The lowest BCUT2D eigenvalue weighted by Gasteiger charge is -2.06. The molecule has 0 atom stereocenters. The third-order valence-corrected chi connectivity index (χ3v) is 4.22. The predicted molar refractivity (Wildman–Crippen MR) is 82.7 cm³/mol. The van der Waals surface area contributed by atoms with Gasteiger partial charge in [0.2, 0.25) is 0 Å². The van der Waals surface area contributed by atoms with E-state index in [1.165, 1.54) is 22.0 Å². The van der Waals surface area contributed by atoms with Crippen molar-refractivity contribution in [1.82, 2.24) is 4.57 Å². The highest BCUT2D eigenvalue weighted by molar-refractivity contribution is 7.07. The van der Waals surface area contributed by atoms with Crippen molar-refractivity contribution < 1.29 is 0 Å². The van der Waals surface area contributed by atoms with Crippen LogP contribution in [0.25, 0.3) is 10.9 Å². The molecule has 0 bridgehead atoms. The third-order valence-electron chi connectivity index (χ3n) is 3.49. The first-order valence-corrected chi connectivity index (χ1v) is 7.60. The Hall–Kier alpha value is -1.58. The standard InChI is InChI=1S/C16H18N2S/c17-7-3-13-1-2-15-5-9-18(16(15)11-13)8-4-14-6-10-19-12-14/h1-2,5-6,9-12H,3-4,7-8,17H2. The molecule has 0 unspecified atom stereocenters. The molecule has 0 spiro atoms. The van der Waals surface area contributed by atoms with E-state index in [-0.39, 0.29) is 0 Å². The number of fused-ring (bicyclic) bond motifs is 1. The molecule has 0 saturated heterocycles. The van der Waals surface area contributed by atoms with Gasteiger partial charge in [-0.1, -0.05) is 12.1 Å². The molecule has 2 N–H and O–H groups in total. The molecular weight excluding hydrogens is 252 g/mol. The number of aromatic nitrogens is 1. The lowest BCUT2D eigenvalue weighted by atomic mass is 10.1. The van der Waals surface area contributed by atoms with E-state index in [1.807, 2.05) is 0 Å². The van der Waals surface area contributed by atoms with E-state index in [9.17, 15) is 0 Å². The Kier molecular flexibility index (Phi) is 3.67. The van der Waals surface area contributed by atoms with Crippen LogP contribution in [0, 0.1) is 0 Å². The number of thiophene rings is 1. The normalized spacial score (nSPS) is 11.2. The fourth-order valence-corrected chi connectivity index (χ4v) is 3.13. The maximum absolute atomic E-state index is 5.64. The minimum atomic E-state index is 0.709. The molecule has 3 heteroatoms. The van der Waals surface area contributed by atoms with E-state index < -0.39 is 0 Å². The summed E-state index contributed by atoms with van der Waals surface area (Å²) in [5, 5.41) is 5.68. The maximum Gasteiger partial charge on any atom is 0.0483 e. The van der Waals surface area contributed by atoms with Gasteiger partial charge in [0.15, 0.2) is 0 Å². The second kappa shape index (κ2) is 5.59. The average molecular weight is 270 g/mol. The molecule has 19 heavy (non-hydrogen) atoms. The second-order valence-electron chi connectivity index (χ2n) is 4.82. The highest BCUT2D eigenvalue weighted by Gasteiger charge is 2.03. The summed E-state index contributed by atoms with van der Waals surface area (Å²) in [7, 11) is 0. The van der Waals surface area contributed by atoms with Crippen LogP contribution < -0.4 is 5.73 Å². The topological polar surface area (TPSA) is 30.9 Å². The number of nitrogens with two attached hydrogens (primary N) is 1. The fraction of sp³-hybridized carbons (Fsp3) is 0.250. The van der Waals surface area contributed by atoms with Gasteiger partial charge in [0, 0.05) is 18.3 Å². The molecule has 98 valence electrons. The Bertz CT molecular complexity index is 653. The molecule has 3 aromatic rings. The van der Waals surface area contributed by atoms with Crippen molar-refractivity contribution in [1.29, 1.82) is 0 Å². The summed E-state index contributed by atoms with van der Waals surface area (Å²) < 4.78 is 2.34. The monoisotopic (exact) mass is 270 g/mol. The number of benzene rings is 1. The first kappa shape index (κ1) is 12.5. The molecule has 0 saturated carbocycles. The summed E-state index contributed by atoms with van der Waals surface area (Å²) in [6.07, 6.45) is 4.23. The van der Waals surface area contributed by atoms with Crippen LogP contribution in [0.1, 0.15) is 11.1 Å². The molecule has 0 amide bonds. The zero-order chi connectivity index (χ0) is 13.1. The Morgan fingerprint density at radius 2 is 2.00 bits per heavy atom. The van der Waals surface area contributed by atoms with Crippen LogP contribution in [-0.2, 0) is 19.4 Å². The van der Waals surface area contributed by atoms with E-state index >= 15 is 0 Å². The summed E-state index contributed by atoms with van der Waals surface area (Å²) in [5.74, 6) is 0. The lowest BCUT2D eigenvalue weighted by Crippen LogP contribution is -2.03. The minimum Gasteiger partial charge on any atom is -0.347 e. The molecule has 2 nitrogen and oxygen atoms in total. The van der Waals surface area contributed by atoms with E-state index in [0.29, 0.717) is 6.54 Å². The van der Waals surface area contributed by atoms with Crippen molar-refractivity contribution in [3.8, 4) is 0 Å². The van der Waals surface area contributed by atoms with Crippen molar-refractivity contribution in [2.75, 3.05) is 6.54 Å². The van der Waals surface area contributed by atoms with Gasteiger partial charge in [0.25, 0.3) is 0 Å². The molecule has 2 heterocycles. The van der Waals surface area contributed by atoms with Crippen molar-refractivity contribution in [3.63, 3.8) is 0 Å². The van der Waals surface area contributed by atoms with E-state index in [4.69, 9.17) is 5.73 Å². The van der Waals surface area contributed by atoms with Crippen LogP contribution in [0.2, 0.25) is 0 Å². The number of hydrogen-bond donors (Lipinski definition) is 1. The van der Waals surface area contributed by atoms with E-state index in [0.717, 1.165) is 19.4 Å². The molecule has 0 aliphatic heterocycles. The SMILES string of the molecule is NCCc1ccc2ccn(CCc3ccsc3)c2c1. The zero-order valence-electron chi connectivity index (χ0n) is 10.9. The quantitative estimate of drug-likeness (QED) is 0.756. The highest BCUT2D eigenvalue weighted by atomic mass is 32.1. The largest absolute Gasteiger partial charge is 0.347 e. The molecule has 1 aromatic carbocycles. The smallest absolute Gasteiger partial charge is 0.0483 e. The lowest BCUT2D eigenvalue weighted by molar-refractivity contribution is 0.724. The third kappa shape index (κ3) is 2.72. The zero-order valence-corrected chi connectivity index (χ0v) is 11.7. The molecule has 2 aromatic heterocycles. The molecule has 3 rings (SSSR count). The van der Waals surface area contributed by atoms with Gasteiger partial charge in [-0.3, -0.25) is 0 Å². The van der Waals surface area contributed by atoms with E-state index in [2.05, 4.69) is 51.9 Å². The van der Waals surface area contributed by atoms with Crippen molar-refractivity contribution in [2.24, 2.45) is 5.73 Å². The summed E-state index contributed by atoms with van der Waals surface area (Å²) in [6, 6.07) is 11.0. The Balaban J connectivity index is 1.84. The van der Waals surface area contributed by atoms with Crippen LogP contribution in [0.15, 0.2) is 47.3 Å². The van der Waals surface area contributed by atoms with Gasteiger partial charge in [-0.15, -0.1) is 0 Å². The summed E-state index contributed by atoms with van der Waals surface area (Å²) in [6.45, 7) is 1.74.